The molecule has 0 fully saturated rings. The van der Waals surface area contributed by atoms with E-state index in [0.717, 1.165) is 12.8 Å². The van der Waals surface area contributed by atoms with Crippen LogP contribution in [0.5, 0.6) is 0 Å². The highest BCUT2D eigenvalue weighted by Gasteiger charge is 2.15. The summed E-state index contributed by atoms with van der Waals surface area (Å²) in [5.74, 6) is -0.715. The van der Waals surface area contributed by atoms with Gasteiger partial charge < -0.3 is 19.7 Å². The molecule has 0 atom stereocenters. The lowest BCUT2D eigenvalue weighted by atomic mass is 10.1. The minimum absolute atomic E-state index is 0.00433. The molecule has 0 heterocycles. The van der Waals surface area contributed by atoms with Crippen molar-refractivity contribution in [2.75, 3.05) is 26.4 Å². The number of aliphatic hydroxyl groups excluding tert-OH is 2. The van der Waals surface area contributed by atoms with Gasteiger partial charge in [-0.05, 0) is 30.7 Å². The lowest BCUT2D eigenvalue weighted by molar-refractivity contribution is 0.0246. The van der Waals surface area contributed by atoms with Gasteiger partial charge >= 0.3 is 11.9 Å². The molecule has 0 aromatic heterocycles. The van der Waals surface area contributed by atoms with Gasteiger partial charge in [-0.15, -0.1) is 0 Å². The van der Waals surface area contributed by atoms with Crippen LogP contribution in [-0.4, -0.2) is 48.6 Å². The van der Waals surface area contributed by atoms with Crippen LogP contribution < -0.4 is 0 Å². The number of rotatable bonds is 9. The fraction of sp³-hybridized carbons (Fsp3) is 0.364. The lowest BCUT2D eigenvalue weighted by Gasteiger charge is -2.16. The third-order valence-corrected chi connectivity index (χ3v) is 3.72. The van der Waals surface area contributed by atoms with Gasteiger partial charge in [0, 0.05) is 5.92 Å². The molecule has 2 N–H and O–H groups in total. The largest absolute Gasteiger partial charge is 0.462 e. The van der Waals surface area contributed by atoms with Crippen molar-refractivity contribution in [2.45, 2.75) is 19.8 Å². The number of hydrogen-bond donors (Lipinski definition) is 2. The summed E-state index contributed by atoms with van der Waals surface area (Å²) >= 11 is 0. The van der Waals surface area contributed by atoms with Crippen molar-refractivity contribution in [1.29, 1.82) is 0 Å². The molecule has 0 spiro atoms. The fourth-order valence-electron chi connectivity index (χ4n) is 2.33. The number of carbonyl (C=O) groups excluding carboxylic acids is 2. The second-order valence-corrected chi connectivity index (χ2v) is 6.03. The molecule has 2 aromatic rings. The second-order valence-electron chi connectivity index (χ2n) is 6.03. The SMILES string of the molecule is CCCC(COC(=O)c1ccccc1)COC(=O)c1ccccc1.OCCO. The maximum atomic E-state index is 12.0. The Morgan fingerprint density at radius 1 is 0.786 bits per heavy atom. The van der Waals surface area contributed by atoms with E-state index >= 15 is 0 Å². The minimum Gasteiger partial charge on any atom is -0.462 e. The van der Waals surface area contributed by atoms with Crippen LogP contribution in [0.1, 0.15) is 40.5 Å². The molecule has 2 aromatic carbocycles. The third-order valence-electron chi connectivity index (χ3n) is 3.72. The number of hydrogen-bond acceptors (Lipinski definition) is 6. The van der Waals surface area contributed by atoms with Crippen LogP contribution in [0.4, 0.5) is 0 Å². The van der Waals surface area contributed by atoms with Crippen molar-refractivity contribution < 1.29 is 29.3 Å². The Kier molecular flexibility index (Phi) is 12.0. The molecule has 28 heavy (non-hydrogen) atoms. The van der Waals surface area contributed by atoms with E-state index in [1.165, 1.54) is 0 Å². The quantitative estimate of drug-likeness (QED) is 0.641. The number of aliphatic hydroxyl groups is 2. The zero-order valence-electron chi connectivity index (χ0n) is 16.1. The van der Waals surface area contributed by atoms with E-state index in [0.29, 0.717) is 11.1 Å². The predicted octanol–water partition coefficient (Wildman–Crippen LogP) is 3.09. The maximum absolute atomic E-state index is 12.0. The van der Waals surface area contributed by atoms with Crippen LogP contribution >= 0.6 is 0 Å². The first-order chi connectivity index (χ1) is 13.6. The molecule has 0 saturated carbocycles. The van der Waals surface area contributed by atoms with Crippen LogP contribution in [0.25, 0.3) is 0 Å². The average Bonchev–Trinajstić information content (AvgIpc) is 2.76. The van der Waals surface area contributed by atoms with Gasteiger partial charge in [0.05, 0.1) is 37.6 Å². The van der Waals surface area contributed by atoms with Crippen LogP contribution in [0, 0.1) is 5.92 Å². The molecule has 0 aliphatic carbocycles. The zero-order chi connectivity index (χ0) is 20.6. The zero-order valence-corrected chi connectivity index (χ0v) is 16.1. The van der Waals surface area contributed by atoms with Crippen molar-refractivity contribution in [1.82, 2.24) is 0 Å². The van der Waals surface area contributed by atoms with Crippen LogP contribution in [-0.2, 0) is 9.47 Å². The summed E-state index contributed by atoms with van der Waals surface area (Å²) in [7, 11) is 0. The summed E-state index contributed by atoms with van der Waals surface area (Å²) in [4.78, 5) is 24.0. The molecule has 6 nitrogen and oxygen atoms in total. The topological polar surface area (TPSA) is 93.1 Å². The standard InChI is InChI=1S/C20H22O4.C2H6O2/c1-2-9-16(14-23-19(21)17-10-5-3-6-11-17)15-24-20(22)18-12-7-4-8-13-18;3-1-2-4/h3-8,10-13,16H,2,9,14-15H2,1H3;3-4H,1-2H2. The van der Waals surface area contributed by atoms with Crippen molar-refractivity contribution in [3.63, 3.8) is 0 Å². The van der Waals surface area contributed by atoms with Crippen LogP contribution in [0.15, 0.2) is 60.7 Å². The van der Waals surface area contributed by atoms with Crippen LogP contribution in [0.3, 0.4) is 0 Å². The molecule has 0 radical (unpaired) electrons. The molecule has 2 rings (SSSR count). The molecular weight excluding hydrogens is 360 g/mol. The summed E-state index contributed by atoms with van der Waals surface area (Å²) in [5.41, 5.74) is 1.04. The van der Waals surface area contributed by atoms with E-state index in [1.807, 2.05) is 19.1 Å². The molecule has 0 bridgehead atoms. The molecule has 0 aliphatic heterocycles. The van der Waals surface area contributed by atoms with Gasteiger partial charge in [0.15, 0.2) is 0 Å². The summed E-state index contributed by atoms with van der Waals surface area (Å²) < 4.78 is 10.7. The van der Waals surface area contributed by atoms with Crippen LogP contribution in [0.2, 0.25) is 0 Å². The molecule has 0 amide bonds. The predicted molar refractivity (Wildman–Crippen MR) is 106 cm³/mol. The van der Waals surface area contributed by atoms with Crippen molar-refractivity contribution in [3.8, 4) is 0 Å². The van der Waals surface area contributed by atoms with Gasteiger partial charge in [-0.3, -0.25) is 0 Å². The molecule has 0 aliphatic rings. The molecule has 152 valence electrons. The Hall–Kier alpha value is -2.70. The molecule has 0 unspecified atom stereocenters. The molecule has 6 heteroatoms. The van der Waals surface area contributed by atoms with Crippen molar-refractivity contribution >= 4 is 11.9 Å². The Balaban J connectivity index is 0.000000892. The Morgan fingerprint density at radius 3 is 1.50 bits per heavy atom. The van der Waals surface area contributed by atoms with E-state index in [9.17, 15) is 9.59 Å². The Bertz CT molecular complexity index is 614. The number of ether oxygens (including phenoxy) is 2. The smallest absolute Gasteiger partial charge is 0.338 e. The highest BCUT2D eigenvalue weighted by Crippen LogP contribution is 2.11. The van der Waals surface area contributed by atoms with Crippen molar-refractivity contribution in [2.24, 2.45) is 5.92 Å². The summed E-state index contributed by atoms with van der Waals surface area (Å²) in [6.45, 7) is 2.28. The first-order valence-corrected chi connectivity index (χ1v) is 9.28. The van der Waals surface area contributed by atoms with E-state index in [2.05, 4.69) is 0 Å². The lowest BCUT2D eigenvalue weighted by Crippen LogP contribution is -2.21. The van der Waals surface area contributed by atoms with Gasteiger partial charge in [0.1, 0.15) is 0 Å². The first-order valence-electron chi connectivity index (χ1n) is 9.28. The fourth-order valence-corrected chi connectivity index (χ4v) is 2.33. The number of carbonyl (C=O) groups is 2. The second kappa shape index (κ2) is 14.4. The van der Waals surface area contributed by atoms with Gasteiger partial charge in [-0.25, -0.2) is 9.59 Å². The summed E-state index contributed by atoms with van der Waals surface area (Å²) in [6, 6.07) is 17.7. The summed E-state index contributed by atoms with van der Waals surface area (Å²) in [5, 5.41) is 15.2. The van der Waals surface area contributed by atoms with Crippen molar-refractivity contribution in [3.05, 3.63) is 71.8 Å². The molecular formula is C22H28O6. The monoisotopic (exact) mass is 388 g/mol. The van der Waals surface area contributed by atoms with Gasteiger partial charge in [-0.1, -0.05) is 49.7 Å². The normalized spacial score (nSPS) is 10.0. The number of esters is 2. The van der Waals surface area contributed by atoms with E-state index in [-0.39, 0.29) is 44.3 Å². The van der Waals surface area contributed by atoms with Gasteiger partial charge in [0.25, 0.3) is 0 Å². The Morgan fingerprint density at radius 2 is 1.18 bits per heavy atom. The third kappa shape index (κ3) is 9.30. The van der Waals surface area contributed by atoms with Gasteiger partial charge in [-0.2, -0.15) is 0 Å². The van der Waals surface area contributed by atoms with E-state index < -0.39 is 0 Å². The van der Waals surface area contributed by atoms with E-state index in [1.54, 1.807) is 48.5 Å². The molecule has 0 saturated heterocycles. The average molecular weight is 388 g/mol. The Labute approximate surface area is 165 Å². The number of benzene rings is 2. The minimum atomic E-state index is -0.355. The summed E-state index contributed by atoms with van der Waals surface area (Å²) in [6.07, 6.45) is 1.75. The van der Waals surface area contributed by atoms with Gasteiger partial charge in [0.2, 0.25) is 0 Å². The van der Waals surface area contributed by atoms with E-state index in [4.69, 9.17) is 19.7 Å². The highest BCUT2D eigenvalue weighted by atomic mass is 16.5. The highest BCUT2D eigenvalue weighted by molar-refractivity contribution is 5.89. The maximum Gasteiger partial charge on any atom is 0.338 e. The first kappa shape index (κ1) is 23.3.